The monoisotopic (exact) mass is 212 g/mol. The summed E-state index contributed by atoms with van der Waals surface area (Å²) in [6, 6.07) is 4.20. The van der Waals surface area contributed by atoms with Gasteiger partial charge >= 0.3 is 0 Å². The van der Waals surface area contributed by atoms with Gasteiger partial charge in [0.05, 0.1) is 0 Å². The van der Waals surface area contributed by atoms with Gasteiger partial charge in [0.15, 0.2) is 0 Å². The minimum absolute atomic E-state index is 0.0682. The molecule has 78 valence electrons. The molecule has 1 amide bonds. The molecule has 1 rings (SSSR count). The summed E-state index contributed by atoms with van der Waals surface area (Å²) in [5, 5.41) is 2.09. The van der Waals surface area contributed by atoms with Crippen LogP contribution in [-0.2, 0) is 11.2 Å². The van der Waals surface area contributed by atoms with Crippen LogP contribution in [0, 0.1) is 0 Å². The predicted octanol–water partition coefficient (Wildman–Crippen LogP) is 1.71. The SMILES string of the molecule is CNNC(=O)CCCCc1cccs1. The van der Waals surface area contributed by atoms with E-state index >= 15 is 0 Å². The average Bonchev–Trinajstić information content (AvgIpc) is 2.65. The predicted molar refractivity (Wildman–Crippen MR) is 59.1 cm³/mol. The summed E-state index contributed by atoms with van der Waals surface area (Å²) in [5.41, 5.74) is 5.18. The number of nitrogens with one attached hydrogen (secondary N) is 2. The fourth-order valence-corrected chi connectivity index (χ4v) is 1.99. The highest BCUT2D eigenvalue weighted by atomic mass is 32.1. The lowest BCUT2D eigenvalue weighted by atomic mass is 10.2. The van der Waals surface area contributed by atoms with Crippen LogP contribution in [0.5, 0.6) is 0 Å². The highest BCUT2D eigenvalue weighted by molar-refractivity contribution is 7.09. The Morgan fingerprint density at radius 3 is 3.00 bits per heavy atom. The number of rotatable bonds is 6. The zero-order valence-corrected chi connectivity index (χ0v) is 9.19. The first-order valence-electron chi connectivity index (χ1n) is 4.81. The molecule has 1 heterocycles. The molecule has 0 aliphatic carbocycles. The van der Waals surface area contributed by atoms with Crippen molar-refractivity contribution in [3.63, 3.8) is 0 Å². The van der Waals surface area contributed by atoms with Gasteiger partial charge in [0.25, 0.3) is 0 Å². The molecule has 0 aromatic carbocycles. The molecule has 1 aromatic heterocycles. The molecule has 2 N–H and O–H groups in total. The number of hydrazine groups is 1. The molecule has 3 nitrogen and oxygen atoms in total. The molecule has 0 unspecified atom stereocenters. The maximum absolute atomic E-state index is 11.0. The lowest BCUT2D eigenvalue weighted by molar-refractivity contribution is -0.122. The second kappa shape index (κ2) is 6.56. The normalized spacial score (nSPS) is 10.1. The van der Waals surface area contributed by atoms with Crippen LogP contribution in [0.1, 0.15) is 24.1 Å². The quantitative estimate of drug-likeness (QED) is 0.557. The molecule has 0 atom stereocenters. The van der Waals surface area contributed by atoms with Gasteiger partial charge in [-0.05, 0) is 30.7 Å². The first-order valence-corrected chi connectivity index (χ1v) is 5.69. The molecule has 14 heavy (non-hydrogen) atoms. The lowest BCUT2D eigenvalue weighted by Gasteiger charge is -2.01. The van der Waals surface area contributed by atoms with Gasteiger partial charge in [-0.2, -0.15) is 0 Å². The van der Waals surface area contributed by atoms with E-state index in [1.165, 1.54) is 4.88 Å². The zero-order valence-electron chi connectivity index (χ0n) is 8.38. The summed E-state index contributed by atoms with van der Waals surface area (Å²) < 4.78 is 0. The van der Waals surface area contributed by atoms with Crippen molar-refractivity contribution in [3.05, 3.63) is 22.4 Å². The molecule has 0 saturated heterocycles. The Balaban J connectivity index is 2.02. The molecular formula is C10H16N2OS. The van der Waals surface area contributed by atoms with Gasteiger partial charge in [0.1, 0.15) is 0 Å². The van der Waals surface area contributed by atoms with E-state index in [2.05, 4.69) is 28.4 Å². The third-order valence-electron chi connectivity index (χ3n) is 1.92. The molecule has 0 aliphatic rings. The van der Waals surface area contributed by atoms with Crippen LogP contribution in [0.4, 0.5) is 0 Å². The van der Waals surface area contributed by atoms with Crippen molar-refractivity contribution < 1.29 is 4.79 Å². The van der Waals surface area contributed by atoms with Crippen molar-refractivity contribution in [1.82, 2.24) is 10.9 Å². The summed E-state index contributed by atoms with van der Waals surface area (Å²) in [5.74, 6) is 0.0682. The van der Waals surface area contributed by atoms with Gasteiger partial charge in [0.2, 0.25) is 5.91 Å². The minimum Gasteiger partial charge on any atom is -0.292 e. The van der Waals surface area contributed by atoms with Crippen LogP contribution in [0.2, 0.25) is 0 Å². The first kappa shape index (κ1) is 11.2. The molecular weight excluding hydrogens is 196 g/mol. The van der Waals surface area contributed by atoms with E-state index in [0.29, 0.717) is 6.42 Å². The summed E-state index contributed by atoms with van der Waals surface area (Å²) in [7, 11) is 1.70. The smallest absolute Gasteiger partial charge is 0.234 e. The Bertz CT molecular complexity index is 259. The number of aryl methyl sites for hydroxylation is 1. The molecule has 1 aromatic rings. The fourth-order valence-electron chi connectivity index (χ4n) is 1.24. The molecule has 0 saturated carbocycles. The third kappa shape index (κ3) is 4.39. The molecule has 0 radical (unpaired) electrons. The Morgan fingerprint density at radius 1 is 1.50 bits per heavy atom. The van der Waals surface area contributed by atoms with Gasteiger partial charge in [-0.25, -0.2) is 5.43 Å². The number of thiophene rings is 1. The van der Waals surface area contributed by atoms with Gasteiger partial charge in [-0.1, -0.05) is 6.07 Å². The third-order valence-corrected chi connectivity index (χ3v) is 2.86. The van der Waals surface area contributed by atoms with Crippen molar-refractivity contribution >= 4 is 17.2 Å². The summed E-state index contributed by atoms with van der Waals surface area (Å²) >= 11 is 1.78. The number of amides is 1. The highest BCUT2D eigenvalue weighted by Gasteiger charge is 1.99. The van der Waals surface area contributed by atoms with E-state index in [1.54, 1.807) is 18.4 Å². The topological polar surface area (TPSA) is 41.1 Å². The Hall–Kier alpha value is -0.870. The number of hydrogen-bond donors (Lipinski definition) is 2. The minimum atomic E-state index is 0.0682. The van der Waals surface area contributed by atoms with Crippen LogP contribution in [-0.4, -0.2) is 13.0 Å². The van der Waals surface area contributed by atoms with E-state index < -0.39 is 0 Å². The van der Waals surface area contributed by atoms with Crippen LogP contribution < -0.4 is 10.9 Å². The van der Waals surface area contributed by atoms with Gasteiger partial charge in [-0.15, -0.1) is 11.3 Å². The Kier molecular flexibility index (Phi) is 5.25. The zero-order chi connectivity index (χ0) is 10.2. The van der Waals surface area contributed by atoms with Crippen LogP contribution in [0.25, 0.3) is 0 Å². The van der Waals surface area contributed by atoms with E-state index in [9.17, 15) is 4.79 Å². The van der Waals surface area contributed by atoms with Crippen LogP contribution >= 0.6 is 11.3 Å². The largest absolute Gasteiger partial charge is 0.292 e. The molecule has 0 bridgehead atoms. The standard InChI is InChI=1S/C10H16N2OS/c1-11-12-10(13)7-3-2-5-9-6-4-8-14-9/h4,6,8,11H,2-3,5,7H2,1H3,(H,12,13). The van der Waals surface area contributed by atoms with Gasteiger partial charge in [0, 0.05) is 18.3 Å². The van der Waals surface area contributed by atoms with Gasteiger partial charge < -0.3 is 0 Å². The second-order valence-electron chi connectivity index (χ2n) is 3.08. The fraction of sp³-hybridized carbons (Fsp3) is 0.500. The Morgan fingerprint density at radius 2 is 2.36 bits per heavy atom. The number of carbonyl (C=O) groups is 1. The van der Waals surface area contributed by atoms with E-state index in [0.717, 1.165) is 19.3 Å². The van der Waals surface area contributed by atoms with E-state index in [4.69, 9.17) is 0 Å². The number of carbonyl (C=O) groups excluding carboxylic acids is 1. The summed E-state index contributed by atoms with van der Waals surface area (Å²) in [6.07, 6.45) is 3.72. The van der Waals surface area contributed by atoms with Crippen molar-refractivity contribution in [2.24, 2.45) is 0 Å². The lowest BCUT2D eigenvalue weighted by Crippen LogP contribution is -2.33. The first-order chi connectivity index (χ1) is 6.83. The summed E-state index contributed by atoms with van der Waals surface area (Å²) in [6.45, 7) is 0. The summed E-state index contributed by atoms with van der Waals surface area (Å²) in [4.78, 5) is 12.4. The molecule has 0 fully saturated rings. The molecule has 0 spiro atoms. The maximum Gasteiger partial charge on any atom is 0.234 e. The molecule has 0 aliphatic heterocycles. The van der Waals surface area contributed by atoms with E-state index in [1.807, 2.05) is 0 Å². The van der Waals surface area contributed by atoms with Crippen molar-refractivity contribution in [3.8, 4) is 0 Å². The van der Waals surface area contributed by atoms with Crippen molar-refractivity contribution in [1.29, 1.82) is 0 Å². The molecule has 4 heteroatoms. The number of hydrogen-bond acceptors (Lipinski definition) is 3. The van der Waals surface area contributed by atoms with E-state index in [-0.39, 0.29) is 5.91 Å². The number of unbranched alkanes of at least 4 members (excludes halogenated alkanes) is 1. The van der Waals surface area contributed by atoms with Crippen molar-refractivity contribution in [2.75, 3.05) is 7.05 Å². The average molecular weight is 212 g/mol. The van der Waals surface area contributed by atoms with Gasteiger partial charge in [-0.3, -0.25) is 10.2 Å². The van der Waals surface area contributed by atoms with Crippen molar-refractivity contribution in [2.45, 2.75) is 25.7 Å². The maximum atomic E-state index is 11.0. The highest BCUT2D eigenvalue weighted by Crippen LogP contribution is 2.12. The Labute approximate surface area is 88.5 Å². The second-order valence-corrected chi connectivity index (χ2v) is 4.12. The van der Waals surface area contributed by atoms with Crippen LogP contribution in [0.15, 0.2) is 17.5 Å². The van der Waals surface area contributed by atoms with Crippen LogP contribution in [0.3, 0.4) is 0 Å².